The summed E-state index contributed by atoms with van der Waals surface area (Å²) in [6, 6.07) is 5.63. The van der Waals surface area contributed by atoms with Crippen molar-refractivity contribution in [2.45, 2.75) is 57.2 Å². The van der Waals surface area contributed by atoms with Gasteiger partial charge in [-0.2, -0.15) is 20.3 Å². The van der Waals surface area contributed by atoms with Gasteiger partial charge in [0.25, 0.3) is 0 Å². The van der Waals surface area contributed by atoms with Crippen LogP contribution in [0.4, 0.5) is 17.6 Å². The zero-order valence-electron chi connectivity index (χ0n) is 17.3. The lowest BCUT2D eigenvalue weighted by atomic mass is 9.97. The first-order chi connectivity index (χ1) is 14.6. The summed E-state index contributed by atoms with van der Waals surface area (Å²) in [6.07, 6.45) is 6.92. The minimum atomic E-state index is 0.342. The van der Waals surface area contributed by atoms with Gasteiger partial charge in [0.2, 0.25) is 5.95 Å². The molecule has 0 radical (unpaired) electrons. The Balaban J connectivity index is 1.39. The minimum absolute atomic E-state index is 0.342. The van der Waals surface area contributed by atoms with E-state index < -0.39 is 0 Å². The van der Waals surface area contributed by atoms with Gasteiger partial charge in [0.05, 0.1) is 12.4 Å². The summed E-state index contributed by atoms with van der Waals surface area (Å²) in [5.41, 5.74) is 2.52. The van der Waals surface area contributed by atoms with Crippen LogP contribution < -0.4 is 10.6 Å². The fraction of sp³-hybridized carbons (Fsp3) is 0.550. The second-order valence-corrected chi connectivity index (χ2v) is 8.33. The molecule has 0 unspecified atom stereocenters. The van der Waals surface area contributed by atoms with Gasteiger partial charge in [-0.1, -0.05) is 0 Å². The van der Waals surface area contributed by atoms with Crippen LogP contribution in [0.1, 0.15) is 37.8 Å². The van der Waals surface area contributed by atoms with Crippen molar-refractivity contribution in [1.29, 1.82) is 5.26 Å². The van der Waals surface area contributed by atoms with Crippen LogP contribution in [0.15, 0.2) is 12.4 Å². The first kappa shape index (κ1) is 18.8. The largest absolute Gasteiger partial charge is 0.365 e. The molecule has 2 aliphatic heterocycles. The second kappa shape index (κ2) is 7.57. The average Bonchev–Trinajstić information content (AvgIpc) is 3.36. The van der Waals surface area contributed by atoms with Gasteiger partial charge in [0.15, 0.2) is 17.3 Å². The lowest BCUT2D eigenvalue weighted by Crippen LogP contribution is -2.47. The molecule has 0 aromatic carbocycles. The zero-order valence-corrected chi connectivity index (χ0v) is 17.3. The van der Waals surface area contributed by atoms with Crippen molar-refractivity contribution in [3.05, 3.63) is 18.1 Å². The first-order valence-corrected chi connectivity index (χ1v) is 10.5. The Morgan fingerprint density at radius 2 is 2.07 bits per heavy atom. The third kappa shape index (κ3) is 3.45. The van der Waals surface area contributed by atoms with E-state index in [-0.39, 0.29) is 0 Å². The monoisotopic (exact) mass is 406 g/mol. The van der Waals surface area contributed by atoms with Gasteiger partial charge in [0, 0.05) is 49.9 Å². The molecule has 2 saturated heterocycles. The highest BCUT2D eigenvalue weighted by molar-refractivity contribution is 5.85. The molecule has 10 nitrogen and oxygen atoms in total. The number of hydrogen-bond donors (Lipinski definition) is 3. The maximum absolute atomic E-state index is 8.95. The van der Waals surface area contributed by atoms with Crippen molar-refractivity contribution >= 4 is 28.7 Å². The van der Waals surface area contributed by atoms with Crippen molar-refractivity contribution in [1.82, 2.24) is 34.6 Å². The molecule has 3 aromatic heterocycles. The van der Waals surface area contributed by atoms with E-state index in [4.69, 9.17) is 10.2 Å². The van der Waals surface area contributed by atoms with E-state index in [1.54, 1.807) is 6.33 Å². The van der Waals surface area contributed by atoms with Crippen molar-refractivity contribution in [3.63, 3.8) is 0 Å². The van der Waals surface area contributed by atoms with Crippen LogP contribution >= 0.6 is 0 Å². The molecule has 2 fully saturated rings. The summed E-state index contributed by atoms with van der Waals surface area (Å²) in [5.74, 6) is 1.95. The molecule has 156 valence electrons. The molecule has 30 heavy (non-hydrogen) atoms. The van der Waals surface area contributed by atoms with Crippen molar-refractivity contribution < 1.29 is 0 Å². The number of hydrogen-bond acceptors (Lipinski definition) is 8. The van der Waals surface area contributed by atoms with E-state index in [0.29, 0.717) is 42.0 Å². The number of fused-ring (bicyclic) bond motifs is 3. The Hall–Kier alpha value is -3.19. The molecule has 0 amide bonds. The normalized spacial score (nSPS) is 23.6. The van der Waals surface area contributed by atoms with Crippen LogP contribution in [0.5, 0.6) is 0 Å². The summed E-state index contributed by atoms with van der Waals surface area (Å²) >= 11 is 0. The Bertz CT molecular complexity index is 1080. The minimum Gasteiger partial charge on any atom is -0.365 e. The molecule has 3 atom stereocenters. The predicted octanol–water partition coefficient (Wildman–Crippen LogP) is 2.46. The molecule has 5 rings (SSSR count). The van der Waals surface area contributed by atoms with E-state index in [1.807, 2.05) is 24.6 Å². The van der Waals surface area contributed by atoms with Crippen LogP contribution in [-0.4, -0.2) is 59.3 Å². The molecule has 2 aliphatic rings. The van der Waals surface area contributed by atoms with E-state index in [9.17, 15) is 0 Å². The number of piperidine rings is 1. The Morgan fingerprint density at radius 1 is 1.27 bits per heavy atom. The third-order valence-electron chi connectivity index (χ3n) is 6.22. The molecule has 2 bridgehead atoms. The maximum atomic E-state index is 8.95. The molecule has 0 saturated carbocycles. The number of aromatic amines is 1. The third-order valence-corrected chi connectivity index (χ3v) is 6.22. The number of nitrogens with one attached hydrogen (secondary N) is 3. The number of nitriles is 1. The van der Waals surface area contributed by atoms with Gasteiger partial charge in [-0.05, 0) is 32.6 Å². The SMILES string of the molecule is Cc1cc(Nc2nc(N[C@@H]3C[C@H]4CC[C@@H](C3)N4CCC#N)c3c(ncn3C)n2)n[nH]1. The molecule has 10 heteroatoms. The van der Waals surface area contributed by atoms with E-state index >= 15 is 0 Å². The molecule has 0 aliphatic carbocycles. The standard InChI is InChI=1S/C20H26N10/c1-12-8-16(28-27-12)24-20-25-18-17(29(2)11-22-18)19(26-20)23-13-9-14-4-5-15(10-13)30(14)7-3-6-21/h8,11,13-15H,3-5,7,9-10H2,1-2H3,(H3,23,24,25,26,27,28)/t13-,14-,15+. The highest BCUT2D eigenvalue weighted by Gasteiger charge is 2.40. The highest BCUT2D eigenvalue weighted by Crippen LogP contribution is 2.37. The van der Waals surface area contributed by atoms with Crippen LogP contribution in [0, 0.1) is 18.3 Å². The van der Waals surface area contributed by atoms with E-state index in [2.05, 4.69) is 41.8 Å². The summed E-state index contributed by atoms with van der Waals surface area (Å²) in [5, 5.41) is 22.9. The number of imidazole rings is 1. The predicted molar refractivity (Wildman–Crippen MR) is 113 cm³/mol. The number of aromatic nitrogens is 6. The fourth-order valence-corrected chi connectivity index (χ4v) is 4.94. The van der Waals surface area contributed by atoms with Crippen molar-refractivity contribution in [3.8, 4) is 6.07 Å². The number of H-pyrrole nitrogens is 1. The lowest BCUT2D eigenvalue weighted by Gasteiger charge is -2.39. The zero-order chi connectivity index (χ0) is 20.7. The number of nitrogens with zero attached hydrogens (tertiary/aromatic N) is 7. The van der Waals surface area contributed by atoms with Crippen molar-refractivity contribution in [2.24, 2.45) is 7.05 Å². The second-order valence-electron chi connectivity index (χ2n) is 8.33. The maximum Gasteiger partial charge on any atom is 0.232 e. The van der Waals surface area contributed by atoms with Gasteiger partial charge >= 0.3 is 0 Å². The summed E-state index contributed by atoms with van der Waals surface area (Å²) in [6.45, 7) is 2.83. The van der Waals surface area contributed by atoms with Gasteiger partial charge in [-0.25, -0.2) is 4.98 Å². The van der Waals surface area contributed by atoms with E-state index in [0.717, 1.165) is 36.4 Å². The lowest BCUT2D eigenvalue weighted by molar-refractivity contribution is 0.136. The van der Waals surface area contributed by atoms with Crippen LogP contribution in [0.3, 0.4) is 0 Å². The molecule has 3 aromatic rings. The van der Waals surface area contributed by atoms with Gasteiger partial charge < -0.3 is 15.2 Å². The van der Waals surface area contributed by atoms with Crippen LogP contribution in [0.25, 0.3) is 11.2 Å². The number of rotatable bonds is 6. The Labute approximate surface area is 174 Å². The van der Waals surface area contributed by atoms with Gasteiger partial charge in [-0.15, -0.1) is 0 Å². The van der Waals surface area contributed by atoms with Crippen LogP contribution in [0.2, 0.25) is 0 Å². The quantitative estimate of drug-likeness (QED) is 0.570. The Kier molecular flexibility index (Phi) is 4.75. The van der Waals surface area contributed by atoms with Gasteiger partial charge in [-0.3, -0.25) is 10.00 Å². The average molecular weight is 406 g/mol. The molecule has 3 N–H and O–H groups in total. The van der Waals surface area contributed by atoms with Crippen molar-refractivity contribution in [2.75, 3.05) is 17.2 Å². The molecule has 5 heterocycles. The highest BCUT2D eigenvalue weighted by atomic mass is 15.3. The summed E-state index contributed by atoms with van der Waals surface area (Å²) in [4.78, 5) is 16.3. The molecular formula is C20H26N10. The smallest absolute Gasteiger partial charge is 0.232 e. The first-order valence-electron chi connectivity index (χ1n) is 10.5. The van der Waals surface area contributed by atoms with E-state index in [1.165, 1.54) is 12.8 Å². The topological polar surface area (TPSA) is 123 Å². The summed E-state index contributed by atoms with van der Waals surface area (Å²) < 4.78 is 1.96. The molecular weight excluding hydrogens is 380 g/mol. The van der Waals surface area contributed by atoms with Crippen LogP contribution in [-0.2, 0) is 7.05 Å². The molecule has 0 spiro atoms. The number of anilines is 3. The Morgan fingerprint density at radius 3 is 2.77 bits per heavy atom. The van der Waals surface area contributed by atoms with Gasteiger partial charge in [0.1, 0.15) is 5.52 Å². The fourth-order valence-electron chi connectivity index (χ4n) is 4.94. The summed E-state index contributed by atoms with van der Waals surface area (Å²) in [7, 11) is 1.96. The number of aryl methyl sites for hydroxylation is 2.